The first-order valence-electron chi connectivity index (χ1n) is 6.81. The van der Waals surface area contributed by atoms with E-state index in [2.05, 4.69) is 10.3 Å². The molecule has 3 rings (SSSR count). The monoisotopic (exact) mass is 281 g/mol. The average Bonchev–Trinajstić information content (AvgIpc) is 3.10. The van der Waals surface area contributed by atoms with Gasteiger partial charge in [-0.15, -0.1) is 11.3 Å². The largest absolute Gasteiger partial charge is 0.373 e. The first-order chi connectivity index (χ1) is 9.20. The van der Waals surface area contributed by atoms with Crippen LogP contribution in [0.15, 0.2) is 5.38 Å². The van der Waals surface area contributed by atoms with Gasteiger partial charge in [0.2, 0.25) is 0 Å². The van der Waals surface area contributed by atoms with Crippen LogP contribution in [0.5, 0.6) is 0 Å². The maximum atomic E-state index is 11.0. The highest BCUT2D eigenvalue weighted by Crippen LogP contribution is 2.41. The lowest BCUT2D eigenvalue weighted by molar-refractivity contribution is -0.00485. The molecule has 1 saturated carbocycles. The Kier molecular flexibility index (Phi) is 3.56. The van der Waals surface area contributed by atoms with E-state index in [-0.39, 0.29) is 5.60 Å². The van der Waals surface area contributed by atoms with E-state index in [0.29, 0.717) is 18.3 Å². The molecular formula is C13H19N3O2S. The van der Waals surface area contributed by atoms with E-state index in [4.69, 9.17) is 10.5 Å². The van der Waals surface area contributed by atoms with E-state index in [1.807, 2.05) is 0 Å². The van der Waals surface area contributed by atoms with Crippen molar-refractivity contribution in [1.29, 1.82) is 0 Å². The average molecular weight is 281 g/mol. The first kappa shape index (κ1) is 13.0. The second-order valence-corrected chi connectivity index (χ2v) is 6.28. The van der Waals surface area contributed by atoms with E-state index in [1.165, 1.54) is 24.2 Å². The molecule has 1 aromatic rings. The predicted octanol–water partition coefficient (Wildman–Crippen LogP) is 1.43. The maximum Gasteiger partial charge on any atom is 0.268 e. The summed E-state index contributed by atoms with van der Waals surface area (Å²) in [5.41, 5.74) is 5.63. The quantitative estimate of drug-likeness (QED) is 0.875. The summed E-state index contributed by atoms with van der Waals surface area (Å²) in [5.74, 6) is -0.459. The Bertz CT molecular complexity index is 463. The Balaban J connectivity index is 1.60. The summed E-state index contributed by atoms with van der Waals surface area (Å²) >= 11 is 1.48. The number of hydrogen-bond donors (Lipinski definition) is 2. The number of nitrogens with zero attached hydrogens (tertiary/aromatic N) is 1. The topological polar surface area (TPSA) is 77.2 Å². The van der Waals surface area contributed by atoms with Crippen LogP contribution in [0.3, 0.4) is 0 Å². The fourth-order valence-corrected chi connectivity index (χ4v) is 3.95. The number of carbonyl (C=O) groups is 1. The third-order valence-electron chi connectivity index (χ3n) is 4.18. The molecule has 19 heavy (non-hydrogen) atoms. The number of aromatic nitrogens is 1. The molecule has 1 aliphatic heterocycles. The maximum absolute atomic E-state index is 11.0. The molecule has 2 aliphatic rings. The smallest absolute Gasteiger partial charge is 0.268 e. The fraction of sp³-hybridized carbons (Fsp3) is 0.692. The van der Waals surface area contributed by atoms with Crippen LogP contribution in [-0.2, 0) is 11.3 Å². The molecule has 1 amide bonds. The Hall–Kier alpha value is -0.980. The van der Waals surface area contributed by atoms with Crippen LogP contribution in [0.25, 0.3) is 0 Å². The molecule has 6 heteroatoms. The number of thiazole rings is 1. The molecule has 1 unspecified atom stereocenters. The molecule has 1 aromatic heterocycles. The van der Waals surface area contributed by atoms with E-state index < -0.39 is 5.91 Å². The van der Waals surface area contributed by atoms with Crippen LogP contribution < -0.4 is 11.1 Å². The molecule has 1 saturated heterocycles. The van der Waals surface area contributed by atoms with Gasteiger partial charge in [-0.1, -0.05) is 12.8 Å². The zero-order valence-corrected chi connectivity index (χ0v) is 11.7. The number of ether oxygens (including phenoxy) is 1. The standard InChI is InChI=1S/C13H19N3O2S/c14-12(17)9-8-19-11(16-9)7-15-10-3-6-18-13(10)4-1-2-5-13/h8,10,15H,1-7H2,(H2,14,17). The van der Waals surface area contributed by atoms with Gasteiger partial charge in [0.1, 0.15) is 10.7 Å². The van der Waals surface area contributed by atoms with Crippen molar-refractivity contribution in [2.24, 2.45) is 5.73 Å². The molecule has 0 bridgehead atoms. The van der Waals surface area contributed by atoms with Gasteiger partial charge in [0.15, 0.2) is 0 Å². The first-order valence-corrected chi connectivity index (χ1v) is 7.69. The number of hydrogen-bond acceptors (Lipinski definition) is 5. The summed E-state index contributed by atoms with van der Waals surface area (Å²) in [6.07, 6.45) is 5.92. The highest BCUT2D eigenvalue weighted by Gasteiger charge is 2.45. The van der Waals surface area contributed by atoms with Gasteiger partial charge in [0.05, 0.1) is 5.60 Å². The van der Waals surface area contributed by atoms with Gasteiger partial charge in [-0.25, -0.2) is 4.98 Å². The van der Waals surface area contributed by atoms with Gasteiger partial charge in [-0.2, -0.15) is 0 Å². The Labute approximate surface area is 116 Å². The number of primary amides is 1. The van der Waals surface area contributed by atoms with Crippen molar-refractivity contribution >= 4 is 17.2 Å². The van der Waals surface area contributed by atoms with Crippen molar-refractivity contribution in [3.63, 3.8) is 0 Å². The number of nitrogens with two attached hydrogens (primary N) is 1. The zero-order chi connectivity index (χ0) is 13.3. The minimum atomic E-state index is -0.459. The molecule has 104 valence electrons. The highest BCUT2D eigenvalue weighted by atomic mass is 32.1. The summed E-state index contributed by atoms with van der Waals surface area (Å²) in [5, 5.41) is 6.18. The van der Waals surface area contributed by atoms with Crippen molar-refractivity contribution in [2.45, 2.75) is 50.3 Å². The molecule has 3 N–H and O–H groups in total. The van der Waals surface area contributed by atoms with Gasteiger partial charge < -0.3 is 15.8 Å². The normalized spacial score (nSPS) is 25.2. The number of carbonyl (C=O) groups excluding carboxylic acids is 1. The van der Waals surface area contributed by atoms with E-state index in [9.17, 15) is 4.79 Å². The summed E-state index contributed by atoms with van der Waals surface area (Å²) in [6.45, 7) is 1.54. The summed E-state index contributed by atoms with van der Waals surface area (Å²) < 4.78 is 5.99. The van der Waals surface area contributed by atoms with Gasteiger partial charge >= 0.3 is 0 Å². The van der Waals surface area contributed by atoms with Crippen LogP contribution in [0.1, 0.15) is 47.6 Å². The molecule has 1 atom stereocenters. The third kappa shape index (κ3) is 2.52. The minimum absolute atomic E-state index is 0.0593. The van der Waals surface area contributed by atoms with E-state index in [1.54, 1.807) is 5.38 Å². The molecule has 2 fully saturated rings. The lowest BCUT2D eigenvalue weighted by atomic mass is 9.92. The summed E-state index contributed by atoms with van der Waals surface area (Å²) in [7, 11) is 0. The summed E-state index contributed by atoms with van der Waals surface area (Å²) in [4.78, 5) is 15.2. The van der Waals surface area contributed by atoms with E-state index >= 15 is 0 Å². The molecule has 2 heterocycles. The second kappa shape index (κ2) is 5.19. The van der Waals surface area contributed by atoms with Crippen LogP contribution in [0.4, 0.5) is 0 Å². The summed E-state index contributed by atoms with van der Waals surface area (Å²) in [6, 6.07) is 0.413. The Morgan fingerprint density at radius 2 is 2.37 bits per heavy atom. The molecule has 0 aromatic carbocycles. The van der Waals surface area contributed by atoms with Crippen LogP contribution in [0.2, 0.25) is 0 Å². The number of rotatable bonds is 4. The fourth-order valence-electron chi connectivity index (χ4n) is 3.21. The van der Waals surface area contributed by atoms with Gasteiger partial charge in [0, 0.05) is 24.6 Å². The predicted molar refractivity (Wildman–Crippen MR) is 73.0 cm³/mol. The van der Waals surface area contributed by atoms with Crippen LogP contribution in [0, 0.1) is 0 Å². The lowest BCUT2D eigenvalue weighted by Crippen LogP contribution is -2.45. The lowest BCUT2D eigenvalue weighted by Gasteiger charge is -2.30. The molecule has 1 aliphatic carbocycles. The zero-order valence-electron chi connectivity index (χ0n) is 10.9. The Morgan fingerprint density at radius 1 is 1.58 bits per heavy atom. The van der Waals surface area contributed by atoms with Crippen LogP contribution in [-0.4, -0.2) is 29.1 Å². The van der Waals surface area contributed by atoms with Crippen LogP contribution >= 0.6 is 11.3 Å². The van der Waals surface area contributed by atoms with Crippen molar-refractivity contribution in [2.75, 3.05) is 6.61 Å². The highest BCUT2D eigenvalue weighted by molar-refractivity contribution is 7.09. The third-order valence-corrected chi connectivity index (χ3v) is 5.03. The SMILES string of the molecule is NC(=O)c1csc(CNC2CCOC23CCCC3)n1. The minimum Gasteiger partial charge on any atom is -0.373 e. The Morgan fingerprint density at radius 3 is 3.05 bits per heavy atom. The van der Waals surface area contributed by atoms with Gasteiger partial charge in [-0.05, 0) is 19.3 Å². The molecular weight excluding hydrogens is 262 g/mol. The number of nitrogens with one attached hydrogen (secondary N) is 1. The van der Waals surface area contributed by atoms with Gasteiger partial charge in [-0.3, -0.25) is 4.79 Å². The van der Waals surface area contributed by atoms with Crippen molar-refractivity contribution in [3.8, 4) is 0 Å². The molecule has 1 spiro atoms. The van der Waals surface area contributed by atoms with Crippen molar-refractivity contribution in [1.82, 2.24) is 10.3 Å². The van der Waals surface area contributed by atoms with Crippen molar-refractivity contribution < 1.29 is 9.53 Å². The van der Waals surface area contributed by atoms with Gasteiger partial charge in [0.25, 0.3) is 5.91 Å². The molecule has 5 nitrogen and oxygen atoms in total. The molecule has 0 radical (unpaired) electrons. The van der Waals surface area contributed by atoms with E-state index in [0.717, 1.165) is 30.9 Å². The number of amides is 1. The second-order valence-electron chi connectivity index (χ2n) is 5.33. The van der Waals surface area contributed by atoms with Crippen molar-refractivity contribution in [3.05, 3.63) is 16.1 Å².